The molecule has 0 spiro atoms. The van der Waals surface area contributed by atoms with Gasteiger partial charge in [0.25, 0.3) is 5.69 Å². The fourth-order valence-electron chi connectivity index (χ4n) is 2.34. The molecule has 138 valence electrons. The normalized spacial score (nSPS) is 16.6. The second kappa shape index (κ2) is 8.94. The van der Waals surface area contributed by atoms with Gasteiger partial charge in [-0.3, -0.25) is 14.9 Å². The van der Waals surface area contributed by atoms with Crippen molar-refractivity contribution in [3.63, 3.8) is 0 Å². The molecule has 1 saturated heterocycles. The number of hydrogen-bond donors (Lipinski definition) is 1. The molecule has 0 aliphatic carbocycles. The van der Waals surface area contributed by atoms with Crippen molar-refractivity contribution < 1.29 is 19.2 Å². The Bertz CT molecular complexity index is 748. The molecule has 0 radical (unpaired) electrons. The topological polar surface area (TPSA) is 118 Å². The molecule has 1 N–H and O–H groups in total. The minimum Gasteiger partial charge on any atom is -0.485 e. The number of nitro benzene ring substituents is 1. The van der Waals surface area contributed by atoms with Crippen LogP contribution in [0.2, 0.25) is 0 Å². The summed E-state index contributed by atoms with van der Waals surface area (Å²) in [7, 11) is 3.74. The number of likely N-dealkylation sites (N-methyl/N-ethyl adjacent to an activating group) is 1. The van der Waals surface area contributed by atoms with Gasteiger partial charge in [-0.15, -0.1) is 0 Å². The van der Waals surface area contributed by atoms with E-state index in [0.717, 1.165) is 6.07 Å². The van der Waals surface area contributed by atoms with Gasteiger partial charge in [0.15, 0.2) is 0 Å². The van der Waals surface area contributed by atoms with E-state index in [1.807, 2.05) is 19.0 Å². The molecule has 9 nitrogen and oxygen atoms in total. The second-order valence-corrected chi connectivity index (χ2v) is 5.99. The predicted molar refractivity (Wildman–Crippen MR) is 94.0 cm³/mol. The van der Waals surface area contributed by atoms with E-state index in [4.69, 9.17) is 14.7 Å². The zero-order chi connectivity index (χ0) is 19.1. The first-order valence-corrected chi connectivity index (χ1v) is 8.00. The van der Waals surface area contributed by atoms with Crippen LogP contribution in [-0.4, -0.2) is 55.7 Å². The van der Waals surface area contributed by atoms with E-state index in [-0.39, 0.29) is 28.8 Å². The molecule has 1 aromatic carbocycles. The number of nitro groups is 1. The van der Waals surface area contributed by atoms with Gasteiger partial charge in [-0.05, 0) is 20.2 Å². The van der Waals surface area contributed by atoms with Crippen LogP contribution in [-0.2, 0) is 9.53 Å². The van der Waals surface area contributed by atoms with Crippen LogP contribution in [0.5, 0.6) is 5.75 Å². The summed E-state index contributed by atoms with van der Waals surface area (Å²) in [4.78, 5) is 24.5. The molecule has 1 amide bonds. The Morgan fingerprint density at radius 3 is 2.92 bits per heavy atom. The summed E-state index contributed by atoms with van der Waals surface area (Å²) < 4.78 is 11.0. The molecule has 1 heterocycles. The molecule has 0 unspecified atom stereocenters. The first-order chi connectivity index (χ1) is 12.4. The lowest BCUT2D eigenvalue weighted by molar-refractivity contribution is -0.385. The van der Waals surface area contributed by atoms with Crippen LogP contribution in [0.15, 0.2) is 24.3 Å². The Morgan fingerprint density at radius 2 is 2.35 bits per heavy atom. The van der Waals surface area contributed by atoms with Crippen LogP contribution in [0.25, 0.3) is 0 Å². The number of nitriles is 1. The van der Waals surface area contributed by atoms with Crippen molar-refractivity contribution in [3.05, 3.63) is 40.0 Å². The molecule has 1 aliphatic heterocycles. The summed E-state index contributed by atoms with van der Waals surface area (Å²) in [6, 6.07) is 4.19. The lowest BCUT2D eigenvalue weighted by Gasteiger charge is -2.16. The Labute approximate surface area is 150 Å². The van der Waals surface area contributed by atoms with E-state index < -0.39 is 10.8 Å². The highest BCUT2D eigenvalue weighted by molar-refractivity contribution is 6.00. The predicted octanol–water partition coefficient (Wildman–Crippen LogP) is 1.69. The van der Waals surface area contributed by atoms with Crippen LogP contribution in [0.1, 0.15) is 12.0 Å². The minimum absolute atomic E-state index is 0.139. The SMILES string of the molecule is CN(C)C/C=C/C(=O)Nc1cc(C#N)c([N+](=O)[O-])cc1O[C@H]1CCOC1. The highest BCUT2D eigenvalue weighted by Gasteiger charge is 2.24. The Kier molecular flexibility index (Phi) is 6.66. The van der Waals surface area contributed by atoms with Crippen molar-refractivity contribution in [2.24, 2.45) is 0 Å². The van der Waals surface area contributed by atoms with E-state index in [1.54, 1.807) is 12.1 Å². The van der Waals surface area contributed by atoms with Gasteiger partial charge in [0.05, 0.1) is 29.9 Å². The van der Waals surface area contributed by atoms with Crippen LogP contribution in [0, 0.1) is 21.4 Å². The van der Waals surface area contributed by atoms with Crippen molar-refractivity contribution >= 4 is 17.3 Å². The Hall–Kier alpha value is -2.96. The largest absolute Gasteiger partial charge is 0.485 e. The van der Waals surface area contributed by atoms with Gasteiger partial charge in [-0.2, -0.15) is 5.26 Å². The first-order valence-electron chi connectivity index (χ1n) is 8.00. The zero-order valence-corrected chi connectivity index (χ0v) is 14.6. The lowest BCUT2D eigenvalue weighted by atomic mass is 10.1. The maximum absolute atomic E-state index is 12.1. The Morgan fingerprint density at radius 1 is 1.58 bits per heavy atom. The first kappa shape index (κ1) is 19.4. The average molecular weight is 360 g/mol. The summed E-state index contributed by atoms with van der Waals surface area (Å²) in [5, 5.41) is 23.0. The smallest absolute Gasteiger partial charge is 0.290 e. The van der Waals surface area contributed by atoms with Gasteiger partial charge in [-0.25, -0.2) is 0 Å². The molecule has 1 aromatic rings. The van der Waals surface area contributed by atoms with E-state index >= 15 is 0 Å². The minimum atomic E-state index is -0.654. The number of hydrogen-bond acceptors (Lipinski definition) is 7. The molecule has 1 fully saturated rings. The standard InChI is InChI=1S/C17H20N4O5/c1-20(2)6-3-4-17(22)19-14-8-12(10-18)15(21(23)24)9-16(14)26-13-5-7-25-11-13/h3-4,8-9,13H,5-7,11H2,1-2H3,(H,19,22)/b4-3+/t13-/m0/s1. The van der Waals surface area contributed by atoms with Crippen molar-refractivity contribution in [3.8, 4) is 11.8 Å². The van der Waals surface area contributed by atoms with E-state index in [1.165, 1.54) is 12.1 Å². The number of nitrogens with one attached hydrogen (secondary N) is 1. The number of benzene rings is 1. The molecule has 1 aliphatic rings. The number of amides is 1. The summed E-state index contributed by atoms with van der Waals surface area (Å²) >= 11 is 0. The Balaban J connectivity index is 2.28. The quantitative estimate of drug-likeness (QED) is 0.446. The van der Waals surface area contributed by atoms with Crippen molar-refractivity contribution in [2.45, 2.75) is 12.5 Å². The molecular formula is C17H20N4O5. The molecular weight excluding hydrogens is 340 g/mol. The van der Waals surface area contributed by atoms with Crippen LogP contribution >= 0.6 is 0 Å². The van der Waals surface area contributed by atoms with Crippen molar-refractivity contribution in [1.29, 1.82) is 5.26 Å². The number of rotatable bonds is 7. The number of carbonyl (C=O) groups excluding carboxylic acids is 1. The van der Waals surface area contributed by atoms with Gasteiger partial charge < -0.3 is 19.7 Å². The van der Waals surface area contributed by atoms with E-state index in [9.17, 15) is 14.9 Å². The highest BCUT2D eigenvalue weighted by Crippen LogP contribution is 2.34. The fourth-order valence-corrected chi connectivity index (χ4v) is 2.34. The van der Waals surface area contributed by atoms with Gasteiger partial charge in [0.2, 0.25) is 5.91 Å². The van der Waals surface area contributed by atoms with Gasteiger partial charge in [0.1, 0.15) is 23.5 Å². The lowest BCUT2D eigenvalue weighted by Crippen LogP contribution is -2.18. The molecule has 0 saturated carbocycles. The molecule has 26 heavy (non-hydrogen) atoms. The van der Waals surface area contributed by atoms with Gasteiger partial charge in [0, 0.05) is 19.0 Å². The van der Waals surface area contributed by atoms with Crippen LogP contribution in [0.4, 0.5) is 11.4 Å². The summed E-state index contributed by atoms with van der Waals surface area (Å²) in [5.41, 5.74) is -0.321. The van der Waals surface area contributed by atoms with Crippen molar-refractivity contribution in [1.82, 2.24) is 4.90 Å². The van der Waals surface area contributed by atoms with Crippen LogP contribution in [0.3, 0.4) is 0 Å². The summed E-state index contributed by atoms with van der Waals surface area (Å²) in [6.45, 7) is 1.49. The van der Waals surface area contributed by atoms with E-state index in [2.05, 4.69) is 5.32 Å². The average Bonchev–Trinajstić information content (AvgIpc) is 3.08. The zero-order valence-electron chi connectivity index (χ0n) is 14.6. The number of ether oxygens (including phenoxy) is 2. The number of nitrogens with zero attached hydrogens (tertiary/aromatic N) is 3. The molecule has 0 bridgehead atoms. The summed E-state index contributed by atoms with van der Waals surface area (Å²) in [6.07, 6.45) is 3.42. The third kappa shape index (κ3) is 5.27. The van der Waals surface area contributed by atoms with E-state index in [0.29, 0.717) is 26.2 Å². The fraction of sp³-hybridized carbons (Fsp3) is 0.412. The monoisotopic (exact) mass is 360 g/mol. The molecule has 9 heteroatoms. The number of carbonyl (C=O) groups is 1. The highest BCUT2D eigenvalue weighted by atomic mass is 16.6. The number of anilines is 1. The molecule has 1 atom stereocenters. The third-order valence-electron chi connectivity index (χ3n) is 3.59. The van der Waals surface area contributed by atoms with Crippen molar-refractivity contribution in [2.75, 3.05) is 39.2 Å². The maximum atomic E-state index is 12.1. The molecule has 0 aromatic heterocycles. The third-order valence-corrected chi connectivity index (χ3v) is 3.59. The molecule has 2 rings (SSSR count). The van der Waals surface area contributed by atoms with Gasteiger partial charge >= 0.3 is 0 Å². The maximum Gasteiger partial charge on any atom is 0.290 e. The van der Waals surface area contributed by atoms with Gasteiger partial charge in [-0.1, -0.05) is 6.08 Å². The summed E-state index contributed by atoms with van der Waals surface area (Å²) in [5.74, 6) is -0.280. The second-order valence-electron chi connectivity index (χ2n) is 5.99. The van der Waals surface area contributed by atoms with Crippen LogP contribution < -0.4 is 10.1 Å².